The fourth-order valence-electron chi connectivity index (χ4n) is 2.91. The van der Waals surface area contributed by atoms with Gasteiger partial charge in [0.05, 0.1) is 25.4 Å². The van der Waals surface area contributed by atoms with Gasteiger partial charge >= 0.3 is 5.97 Å². The van der Waals surface area contributed by atoms with Gasteiger partial charge in [-0.05, 0) is 52.9 Å². The van der Waals surface area contributed by atoms with Crippen molar-refractivity contribution < 1.29 is 23.9 Å². The second kappa shape index (κ2) is 14.6. The number of benzene rings is 1. The number of ether oxygens (including phenoxy) is 1. The second-order valence-electron chi connectivity index (χ2n) is 8.29. The predicted octanol–water partition coefficient (Wildman–Crippen LogP) is 1.58. The third-order valence-electron chi connectivity index (χ3n) is 4.51. The fraction of sp³-hybridized carbons (Fsp3) is 0.458. The van der Waals surface area contributed by atoms with Crippen molar-refractivity contribution in [2.75, 3.05) is 27.2 Å². The number of nitrogens with one attached hydrogen (secondary N) is 4. The van der Waals surface area contributed by atoms with E-state index in [1.807, 2.05) is 12.3 Å². The molecular formula is C24H35N5O5. The summed E-state index contributed by atoms with van der Waals surface area (Å²) in [6, 6.07) is 7.31. The van der Waals surface area contributed by atoms with E-state index in [1.165, 1.54) is 16.5 Å². The maximum atomic E-state index is 12.0. The SMILES string of the molecule is CC(C)OC(=O)C(CCC(=O)C=N)NC(=O)CNC(=O)CN(C)C.Cc1c[nH]c2ccccc12. The van der Waals surface area contributed by atoms with Crippen molar-refractivity contribution in [1.82, 2.24) is 20.5 Å². The summed E-state index contributed by atoms with van der Waals surface area (Å²) in [7, 11) is 3.44. The molecule has 0 saturated heterocycles. The number of hydrogen-bond acceptors (Lipinski definition) is 7. The standard InChI is InChI=1S/C15H26N4O5.C9H9N/c1-10(2)24-15(23)12(6-5-11(20)7-16)18-13(21)8-17-14(22)9-19(3)4;1-7-6-10-9-5-3-2-4-8(7)9/h7,10,12,16H,5-6,8-9H2,1-4H3,(H,17,22)(H,18,21);2-6,10H,1H3. The van der Waals surface area contributed by atoms with Crippen molar-refractivity contribution in [2.24, 2.45) is 0 Å². The molecule has 1 unspecified atom stereocenters. The monoisotopic (exact) mass is 473 g/mol. The molecule has 1 aromatic heterocycles. The first kappa shape index (κ1) is 28.5. The normalized spacial score (nSPS) is 11.4. The molecule has 10 nitrogen and oxygen atoms in total. The van der Waals surface area contributed by atoms with Crippen LogP contribution in [0.1, 0.15) is 32.3 Å². The number of carbonyl (C=O) groups is 4. The summed E-state index contributed by atoms with van der Waals surface area (Å²) < 4.78 is 5.04. The van der Waals surface area contributed by atoms with Crippen molar-refractivity contribution in [1.29, 1.82) is 5.41 Å². The zero-order valence-electron chi connectivity index (χ0n) is 20.4. The molecule has 1 heterocycles. The van der Waals surface area contributed by atoms with Gasteiger partial charge in [0.1, 0.15) is 6.04 Å². The van der Waals surface area contributed by atoms with E-state index in [-0.39, 0.29) is 37.9 Å². The summed E-state index contributed by atoms with van der Waals surface area (Å²) in [6.45, 7) is 5.30. The highest BCUT2D eigenvalue weighted by molar-refractivity contribution is 6.26. The molecule has 186 valence electrons. The lowest BCUT2D eigenvalue weighted by atomic mass is 10.1. The Balaban J connectivity index is 0.000000469. The first-order valence-electron chi connectivity index (χ1n) is 11.0. The third-order valence-corrected chi connectivity index (χ3v) is 4.51. The number of Topliss-reactive ketones (excluding diaryl/α,β-unsaturated/α-hetero) is 1. The summed E-state index contributed by atoms with van der Waals surface area (Å²) in [6.07, 6.45) is 2.29. The number of ketones is 1. The molecule has 0 aliphatic heterocycles. The molecule has 34 heavy (non-hydrogen) atoms. The highest BCUT2D eigenvalue weighted by Gasteiger charge is 2.24. The number of esters is 1. The number of hydrogen-bond donors (Lipinski definition) is 4. The van der Waals surface area contributed by atoms with Gasteiger partial charge in [-0.15, -0.1) is 0 Å². The van der Waals surface area contributed by atoms with Gasteiger partial charge < -0.3 is 30.7 Å². The van der Waals surface area contributed by atoms with Crippen molar-refractivity contribution in [3.05, 3.63) is 36.0 Å². The number of fused-ring (bicyclic) bond motifs is 1. The largest absolute Gasteiger partial charge is 0.461 e. The topological polar surface area (TPSA) is 144 Å². The molecule has 2 amide bonds. The number of carbonyl (C=O) groups excluding carboxylic acids is 4. The van der Waals surface area contributed by atoms with Crippen molar-refractivity contribution in [3.63, 3.8) is 0 Å². The average molecular weight is 474 g/mol. The second-order valence-corrected chi connectivity index (χ2v) is 8.29. The van der Waals surface area contributed by atoms with Gasteiger partial charge in [0.25, 0.3) is 0 Å². The van der Waals surface area contributed by atoms with Crippen LogP contribution in [0.15, 0.2) is 30.5 Å². The van der Waals surface area contributed by atoms with Gasteiger partial charge in [0.2, 0.25) is 11.8 Å². The van der Waals surface area contributed by atoms with Crippen LogP contribution in [0.5, 0.6) is 0 Å². The molecule has 0 saturated carbocycles. The average Bonchev–Trinajstić information content (AvgIpc) is 3.15. The van der Waals surface area contributed by atoms with Crippen LogP contribution < -0.4 is 10.6 Å². The first-order valence-corrected chi connectivity index (χ1v) is 11.0. The van der Waals surface area contributed by atoms with Crippen LogP contribution >= 0.6 is 0 Å². The Labute approximate surface area is 199 Å². The van der Waals surface area contributed by atoms with Gasteiger partial charge in [-0.2, -0.15) is 0 Å². The van der Waals surface area contributed by atoms with Gasteiger partial charge in [-0.1, -0.05) is 18.2 Å². The number of rotatable bonds is 11. The summed E-state index contributed by atoms with van der Waals surface area (Å²) in [4.78, 5) is 51.4. The third kappa shape index (κ3) is 10.9. The minimum Gasteiger partial charge on any atom is -0.461 e. The van der Waals surface area contributed by atoms with Crippen LogP contribution in [-0.4, -0.2) is 79.0 Å². The van der Waals surface area contributed by atoms with Crippen LogP contribution in [0.25, 0.3) is 10.9 Å². The molecule has 0 aliphatic rings. The lowest BCUT2D eigenvalue weighted by Gasteiger charge is -2.19. The summed E-state index contributed by atoms with van der Waals surface area (Å²) in [5.41, 5.74) is 2.54. The van der Waals surface area contributed by atoms with E-state index in [2.05, 4.69) is 40.7 Å². The molecular weight excluding hydrogens is 438 g/mol. The van der Waals surface area contributed by atoms with Crippen molar-refractivity contribution in [3.8, 4) is 0 Å². The van der Waals surface area contributed by atoms with E-state index in [9.17, 15) is 19.2 Å². The van der Waals surface area contributed by atoms with Crippen LogP contribution in [0, 0.1) is 12.3 Å². The fourth-order valence-corrected chi connectivity index (χ4v) is 2.91. The summed E-state index contributed by atoms with van der Waals surface area (Å²) >= 11 is 0. The maximum Gasteiger partial charge on any atom is 0.328 e. The zero-order valence-corrected chi connectivity index (χ0v) is 20.4. The van der Waals surface area contributed by atoms with Gasteiger partial charge in [0, 0.05) is 23.5 Å². The molecule has 10 heteroatoms. The molecule has 2 aromatic rings. The van der Waals surface area contributed by atoms with Crippen molar-refractivity contribution in [2.45, 2.75) is 45.8 Å². The molecule has 0 fully saturated rings. The van der Waals surface area contributed by atoms with E-state index in [1.54, 1.807) is 32.8 Å². The molecule has 1 atom stereocenters. The number of H-pyrrole nitrogens is 1. The Morgan fingerprint density at radius 2 is 1.82 bits per heavy atom. The minimum atomic E-state index is -1.01. The maximum absolute atomic E-state index is 12.0. The van der Waals surface area contributed by atoms with E-state index < -0.39 is 23.7 Å². The Kier molecular flexibility index (Phi) is 12.2. The Bertz CT molecular complexity index is 983. The number of aryl methyl sites for hydroxylation is 1. The molecule has 1 aromatic carbocycles. The highest BCUT2D eigenvalue weighted by Crippen LogP contribution is 2.15. The van der Waals surface area contributed by atoms with Crippen molar-refractivity contribution >= 4 is 40.7 Å². The number of likely N-dealkylation sites (N-methyl/N-ethyl adjacent to an activating group) is 1. The Morgan fingerprint density at radius 3 is 2.41 bits per heavy atom. The summed E-state index contributed by atoms with van der Waals surface area (Å²) in [5.74, 6) is -1.99. The quantitative estimate of drug-likeness (QED) is 0.288. The number of aromatic amines is 1. The van der Waals surface area contributed by atoms with Gasteiger partial charge in [0.15, 0.2) is 5.78 Å². The first-order chi connectivity index (χ1) is 16.0. The zero-order chi connectivity index (χ0) is 25.7. The molecule has 0 aliphatic carbocycles. The molecule has 0 radical (unpaired) electrons. The van der Waals surface area contributed by atoms with Gasteiger partial charge in [-0.25, -0.2) is 4.79 Å². The van der Waals surface area contributed by atoms with Crippen LogP contribution in [-0.2, 0) is 23.9 Å². The number of nitrogens with zero attached hydrogens (tertiary/aromatic N) is 1. The minimum absolute atomic E-state index is 0.0250. The molecule has 4 N–H and O–H groups in total. The van der Waals surface area contributed by atoms with E-state index in [0.717, 1.165) is 0 Å². The molecule has 0 bridgehead atoms. The predicted molar refractivity (Wildman–Crippen MR) is 131 cm³/mol. The van der Waals surface area contributed by atoms with Crippen LogP contribution in [0.3, 0.4) is 0 Å². The Morgan fingerprint density at radius 1 is 1.15 bits per heavy atom. The highest BCUT2D eigenvalue weighted by atomic mass is 16.5. The van der Waals surface area contributed by atoms with E-state index >= 15 is 0 Å². The van der Waals surface area contributed by atoms with Crippen LogP contribution in [0.4, 0.5) is 0 Å². The van der Waals surface area contributed by atoms with Crippen LogP contribution in [0.2, 0.25) is 0 Å². The summed E-state index contributed by atoms with van der Waals surface area (Å²) in [5, 5.41) is 13.0. The number of para-hydroxylation sites is 1. The van der Waals surface area contributed by atoms with E-state index in [4.69, 9.17) is 10.1 Å². The molecule has 2 rings (SSSR count). The smallest absolute Gasteiger partial charge is 0.328 e. The van der Waals surface area contributed by atoms with Gasteiger partial charge in [-0.3, -0.25) is 14.4 Å². The molecule has 0 spiro atoms. The lowest BCUT2D eigenvalue weighted by Crippen LogP contribution is -2.47. The number of aromatic nitrogens is 1. The lowest BCUT2D eigenvalue weighted by molar-refractivity contribution is -0.151. The Hall–Kier alpha value is -3.53. The number of amides is 2. The van der Waals surface area contributed by atoms with E-state index in [0.29, 0.717) is 6.21 Å².